The van der Waals surface area contributed by atoms with Crippen LogP contribution in [0.3, 0.4) is 0 Å². The Morgan fingerprint density at radius 2 is 1.80 bits per heavy atom. The average molecular weight is 316 g/mol. The molecule has 1 N–H and O–H groups in total. The maximum absolute atomic E-state index is 6.11. The Morgan fingerprint density at radius 3 is 2.25 bits per heavy atom. The summed E-state index contributed by atoms with van der Waals surface area (Å²) in [6, 6.07) is 1.80. The summed E-state index contributed by atoms with van der Waals surface area (Å²) < 4.78 is 0.249. The summed E-state index contributed by atoms with van der Waals surface area (Å²) >= 11 is 8.02. The number of thioether (sulfide) groups is 1. The number of anilines is 1. The van der Waals surface area contributed by atoms with Gasteiger partial charge in [0.2, 0.25) is 0 Å². The Hall–Kier alpha value is -0.480. The molecule has 0 atom stereocenters. The highest BCUT2D eigenvalue weighted by Crippen LogP contribution is 2.31. The number of hydrogen-bond donors (Lipinski definition) is 1. The summed E-state index contributed by atoms with van der Waals surface area (Å²) in [6.07, 6.45) is 4.42. The van der Waals surface area contributed by atoms with E-state index < -0.39 is 0 Å². The zero-order chi connectivity index (χ0) is 15.4. The third kappa shape index (κ3) is 4.52. The van der Waals surface area contributed by atoms with Crippen molar-refractivity contribution in [1.82, 2.24) is 9.97 Å². The third-order valence-electron chi connectivity index (χ3n) is 3.68. The Kier molecular flexibility index (Phi) is 6.14. The smallest absolute Gasteiger partial charge is 0.137 e. The number of nitrogens with zero attached hydrogens (tertiary/aromatic N) is 2. The van der Waals surface area contributed by atoms with Crippen LogP contribution in [-0.2, 0) is 5.41 Å². The van der Waals surface area contributed by atoms with Crippen LogP contribution in [0.25, 0.3) is 0 Å². The Balaban J connectivity index is 2.91. The van der Waals surface area contributed by atoms with E-state index in [1.54, 1.807) is 6.07 Å². The number of halogens is 1. The molecule has 0 spiro atoms. The molecule has 114 valence electrons. The van der Waals surface area contributed by atoms with Crippen LogP contribution in [-0.4, -0.2) is 27.5 Å². The molecule has 0 aromatic carbocycles. The second-order valence-electron chi connectivity index (χ2n) is 6.10. The van der Waals surface area contributed by atoms with Gasteiger partial charge in [-0.2, -0.15) is 11.8 Å². The molecule has 1 heterocycles. The molecule has 0 amide bonds. The molecule has 0 saturated carbocycles. The molecule has 0 saturated heterocycles. The van der Waals surface area contributed by atoms with Crippen molar-refractivity contribution in [1.29, 1.82) is 0 Å². The molecule has 0 unspecified atom stereocenters. The van der Waals surface area contributed by atoms with E-state index in [2.05, 4.69) is 56.2 Å². The fourth-order valence-corrected chi connectivity index (χ4v) is 2.93. The number of rotatable bonds is 6. The minimum atomic E-state index is -0.104. The van der Waals surface area contributed by atoms with Crippen molar-refractivity contribution < 1.29 is 0 Å². The molecular formula is C15H26ClN3S. The van der Waals surface area contributed by atoms with Crippen LogP contribution in [0.4, 0.5) is 5.82 Å². The summed E-state index contributed by atoms with van der Waals surface area (Å²) in [6.45, 7) is 11.6. The molecule has 0 radical (unpaired) electrons. The van der Waals surface area contributed by atoms with Gasteiger partial charge in [0.05, 0.1) is 0 Å². The van der Waals surface area contributed by atoms with Gasteiger partial charge in [0, 0.05) is 22.8 Å². The number of nitrogens with one attached hydrogen (secondary N) is 1. The van der Waals surface area contributed by atoms with Crippen molar-refractivity contribution in [2.75, 3.05) is 18.1 Å². The van der Waals surface area contributed by atoms with Crippen LogP contribution < -0.4 is 5.32 Å². The summed E-state index contributed by atoms with van der Waals surface area (Å²) in [4.78, 5) is 8.91. The average Bonchev–Trinajstić information content (AvgIpc) is 2.39. The van der Waals surface area contributed by atoms with Crippen LogP contribution >= 0.6 is 23.4 Å². The summed E-state index contributed by atoms with van der Waals surface area (Å²) in [5.41, 5.74) is -0.104. The lowest BCUT2D eigenvalue weighted by Gasteiger charge is -2.30. The van der Waals surface area contributed by atoms with E-state index in [1.807, 2.05) is 11.8 Å². The van der Waals surface area contributed by atoms with Crippen LogP contribution in [0.2, 0.25) is 5.15 Å². The highest BCUT2D eigenvalue weighted by Gasteiger charge is 2.25. The molecule has 0 aliphatic rings. The minimum Gasteiger partial charge on any atom is -0.369 e. The van der Waals surface area contributed by atoms with E-state index in [0.717, 1.165) is 31.0 Å². The lowest BCUT2D eigenvalue weighted by molar-refractivity contribution is 0.543. The van der Waals surface area contributed by atoms with Gasteiger partial charge >= 0.3 is 0 Å². The predicted octanol–water partition coefficient (Wildman–Crippen LogP) is 4.76. The van der Waals surface area contributed by atoms with E-state index in [0.29, 0.717) is 5.15 Å². The lowest BCUT2D eigenvalue weighted by Crippen LogP contribution is -2.32. The molecule has 1 aromatic heterocycles. The fraction of sp³-hybridized carbons (Fsp3) is 0.733. The zero-order valence-electron chi connectivity index (χ0n) is 13.4. The molecule has 3 nitrogen and oxygen atoms in total. The quantitative estimate of drug-likeness (QED) is 0.768. The Bertz CT molecular complexity index is 431. The van der Waals surface area contributed by atoms with E-state index in [1.165, 1.54) is 0 Å². The normalized spacial score (nSPS) is 12.6. The molecule has 1 aromatic rings. The molecule has 20 heavy (non-hydrogen) atoms. The summed E-state index contributed by atoms with van der Waals surface area (Å²) in [5, 5.41) is 3.93. The van der Waals surface area contributed by atoms with Crippen LogP contribution in [0, 0.1) is 0 Å². The Labute approximate surface area is 132 Å². The van der Waals surface area contributed by atoms with E-state index in [-0.39, 0.29) is 10.2 Å². The van der Waals surface area contributed by atoms with Gasteiger partial charge in [-0.15, -0.1) is 0 Å². The Morgan fingerprint density at radius 1 is 1.20 bits per heavy atom. The van der Waals surface area contributed by atoms with E-state index in [4.69, 9.17) is 11.6 Å². The number of hydrogen-bond acceptors (Lipinski definition) is 4. The van der Waals surface area contributed by atoms with E-state index >= 15 is 0 Å². The first-order chi connectivity index (χ1) is 9.26. The van der Waals surface area contributed by atoms with E-state index in [9.17, 15) is 0 Å². The first kappa shape index (κ1) is 17.6. The van der Waals surface area contributed by atoms with Crippen LogP contribution in [0.15, 0.2) is 6.07 Å². The largest absolute Gasteiger partial charge is 0.369 e. The van der Waals surface area contributed by atoms with Gasteiger partial charge in [0.25, 0.3) is 0 Å². The first-order valence-electron chi connectivity index (χ1n) is 7.10. The highest BCUT2D eigenvalue weighted by molar-refractivity contribution is 8.00. The predicted molar refractivity (Wildman–Crippen MR) is 91.1 cm³/mol. The second kappa shape index (κ2) is 6.99. The van der Waals surface area contributed by atoms with Crippen molar-refractivity contribution >= 4 is 29.2 Å². The standard InChI is InChI=1S/C15H26ClN3S/c1-7-15(8-2,20-6)10-17-12-9-11(16)18-13(19-12)14(3,4)5/h9H,7-8,10H2,1-6H3,(H,17,18,19). The maximum atomic E-state index is 6.11. The lowest BCUT2D eigenvalue weighted by atomic mass is 9.96. The van der Waals surface area contributed by atoms with Crippen molar-refractivity contribution in [3.63, 3.8) is 0 Å². The van der Waals surface area contributed by atoms with Crippen molar-refractivity contribution in [2.24, 2.45) is 0 Å². The molecule has 0 aliphatic heterocycles. The molecule has 5 heteroatoms. The van der Waals surface area contributed by atoms with Gasteiger partial charge in [-0.25, -0.2) is 9.97 Å². The second-order valence-corrected chi connectivity index (χ2v) is 7.76. The maximum Gasteiger partial charge on any atom is 0.137 e. The topological polar surface area (TPSA) is 37.8 Å². The molecular weight excluding hydrogens is 290 g/mol. The zero-order valence-corrected chi connectivity index (χ0v) is 15.0. The fourth-order valence-electron chi connectivity index (χ4n) is 1.96. The van der Waals surface area contributed by atoms with Gasteiger partial charge in [-0.3, -0.25) is 0 Å². The molecule has 0 fully saturated rings. The molecule has 0 bridgehead atoms. The van der Waals surface area contributed by atoms with Gasteiger partial charge < -0.3 is 5.32 Å². The third-order valence-corrected chi connectivity index (χ3v) is 5.46. The SMILES string of the molecule is CCC(CC)(CNc1cc(Cl)nc(C(C)(C)C)n1)SC. The minimum absolute atomic E-state index is 0.104. The van der Waals surface area contributed by atoms with Gasteiger partial charge in [-0.1, -0.05) is 46.2 Å². The molecule has 1 rings (SSSR count). The first-order valence-corrected chi connectivity index (χ1v) is 8.70. The summed E-state index contributed by atoms with van der Waals surface area (Å²) in [7, 11) is 0. The molecule has 0 aliphatic carbocycles. The van der Waals surface area contributed by atoms with Crippen molar-refractivity contribution in [3.8, 4) is 0 Å². The highest BCUT2D eigenvalue weighted by atomic mass is 35.5. The van der Waals surface area contributed by atoms with Gasteiger partial charge in [-0.05, 0) is 19.1 Å². The van der Waals surface area contributed by atoms with Gasteiger partial charge in [0.1, 0.15) is 16.8 Å². The van der Waals surface area contributed by atoms with Crippen molar-refractivity contribution in [3.05, 3.63) is 17.0 Å². The van der Waals surface area contributed by atoms with Crippen LogP contribution in [0.5, 0.6) is 0 Å². The monoisotopic (exact) mass is 315 g/mol. The van der Waals surface area contributed by atoms with Crippen LogP contribution in [0.1, 0.15) is 53.3 Å². The number of aromatic nitrogens is 2. The van der Waals surface area contributed by atoms with Crippen molar-refractivity contribution in [2.45, 2.75) is 57.6 Å². The van der Waals surface area contributed by atoms with Gasteiger partial charge in [0.15, 0.2) is 0 Å². The summed E-state index contributed by atoms with van der Waals surface area (Å²) in [5.74, 6) is 1.59.